The molecule has 3 atom stereocenters. The molecule has 2 fully saturated rings. The fraction of sp³-hybridized carbons (Fsp3) is 1.00. The summed E-state index contributed by atoms with van der Waals surface area (Å²) in [5, 5.41) is 3.67. The van der Waals surface area contributed by atoms with Gasteiger partial charge >= 0.3 is 0 Å². The summed E-state index contributed by atoms with van der Waals surface area (Å²) in [6, 6.07) is 0.605. The Labute approximate surface area is 107 Å². The van der Waals surface area contributed by atoms with Gasteiger partial charge in [-0.1, -0.05) is 39.0 Å². The molecule has 1 aliphatic heterocycles. The normalized spacial score (nSPS) is 32.8. The second-order valence-electron chi connectivity index (χ2n) is 5.97. The Balaban J connectivity index is 1.82. The first-order chi connectivity index (χ1) is 8.29. The first-order valence-corrected chi connectivity index (χ1v) is 7.68. The van der Waals surface area contributed by atoms with Crippen LogP contribution >= 0.6 is 0 Å². The van der Waals surface area contributed by atoms with Crippen molar-refractivity contribution in [3.8, 4) is 0 Å². The minimum absolute atomic E-state index is 0.479. The third-order valence-electron chi connectivity index (χ3n) is 4.49. The van der Waals surface area contributed by atoms with E-state index in [1.165, 1.54) is 51.4 Å². The van der Waals surface area contributed by atoms with Gasteiger partial charge in [0.15, 0.2) is 0 Å². The number of hydrogen-bond donors (Lipinski definition) is 1. The Morgan fingerprint density at radius 2 is 1.88 bits per heavy atom. The van der Waals surface area contributed by atoms with Gasteiger partial charge in [-0.2, -0.15) is 0 Å². The predicted molar refractivity (Wildman–Crippen MR) is 72.2 cm³/mol. The molecule has 2 heteroatoms. The van der Waals surface area contributed by atoms with E-state index in [0.717, 1.165) is 12.5 Å². The first kappa shape index (κ1) is 13.4. The zero-order valence-corrected chi connectivity index (χ0v) is 11.6. The molecule has 100 valence electrons. The van der Waals surface area contributed by atoms with E-state index in [1.54, 1.807) is 0 Å². The van der Waals surface area contributed by atoms with Crippen LogP contribution in [0.5, 0.6) is 0 Å². The van der Waals surface area contributed by atoms with Gasteiger partial charge in [0.25, 0.3) is 0 Å². The Morgan fingerprint density at radius 3 is 2.47 bits per heavy atom. The largest absolute Gasteiger partial charge is 0.374 e. The fourth-order valence-corrected chi connectivity index (χ4v) is 3.54. The van der Waals surface area contributed by atoms with E-state index in [0.29, 0.717) is 18.2 Å². The van der Waals surface area contributed by atoms with Crippen LogP contribution in [0.4, 0.5) is 0 Å². The van der Waals surface area contributed by atoms with Crippen LogP contribution in [0.1, 0.15) is 65.2 Å². The third-order valence-corrected chi connectivity index (χ3v) is 4.49. The number of likely N-dealkylation sites (N-methyl/N-ethyl adjacent to an activating group) is 1. The topological polar surface area (TPSA) is 21.3 Å². The molecule has 0 aromatic rings. The van der Waals surface area contributed by atoms with Crippen LogP contribution in [0.2, 0.25) is 0 Å². The molecule has 1 heterocycles. The molecule has 0 spiro atoms. The van der Waals surface area contributed by atoms with Crippen LogP contribution in [0.15, 0.2) is 0 Å². The quantitative estimate of drug-likeness (QED) is 0.793. The van der Waals surface area contributed by atoms with Crippen LogP contribution in [0.25, 0.3) is 0 Å². The lowest BCUT2D eigenvalue weighted by molar-refractivity contribution is 0.0251. The van der Waals surface area contributed by atoms with Crippen LogP contribution in [-0.4, -0.2) is 24.8 Å². The number of ether oxygens (including phenoxy) is 1. The van der Waals surface area contributed by atoms with E-state index in [4.69, 9.17) is 4.74 Å². The zero-order valence-electron chi connectivity index (χ0n) is 11.6. The lowest BCUT2D eigenvalue weighted by atomic mass is 9.83. The first-order valence-electron chi connectivity index (χ1n) is 7.68. The Hall–Kier alpha value is -0.0800. The average Bonchev–Trinajstić information content (AvgIpc) is 2.77. The molecular formula is C15H29NO. The van der Waals surface area contributed by atoms with Crippen LogP contribution in [-0.2, 0) is 4.74 Å². The van der Waals surface area contributed by atoms with Gasteiger partial charge < -0.3 is 10.1 Å². The second kappa shape index (κ2) is 6.75. The summed E-state index contributed by atoms with van der Waals surface area (Å²) >= 11 is 0. The van der Waals surface area contributed by atoms with Crippen molar-refractivity contribution in [2.75, 3.05) is 6.54 Å². The van der Waals surface area contributed by atoms with Crippen LogP contribution < -0.4 is 5.32 Å². The molecular weight excluding hydrogens is 210 g/mol. The molecule has 0 radical (unpaired) electrons. The highest BCUT2D eigenvalue weighted by Crippen LogP contribution is 2.31. The predicted octanol–water partition coefficient (Wildman–Crippen LogP) is 3.50. The van der Waals surface area contributed by atoms with Gasteiger partial charge in [0, 0.05) is 6.04 Å². The summed E-state index contributed by atoms with van der Waals surface area (Å²) in [6.45, 7) is 5.50. The van der Waals surface area contributed by atoms with Crippen molar-refractivity contribution in [3.63, 3.8) is 0 Å². The summed E-state index contributed by atoms with van der Waals surface area (Å²) in [7, 11) is 0. The molecule has 3 unspecified atom stereocenters. The maximum Gasteiger partial charge on any atom is 0.0732 e. The van der Waals surface area contributed by atoms with E-state index in [2.05, 4.69) is 19.2 Å². The molecule has 0 aromatic carbocycles. The second-order valence-corrected chi connectivity index (χ2v) is 5.97. The van der Waals surface area contributed by atoms with Gasteiger partial charge in [-0.15, -0.1) is 0 Å². The minimum atomic E-state index is 0.479. The van der Waals surface area contributed by atoms with Gasteiger partial charge in [0.05, 0.1) is 12.2 Å². The number of nitrogens with one attached hydrogen (secondary N) is 1. The standard InChI is InChI=1S/C15H29NO/c1-3-16-14(15-10-9-12(2)17-15)11-13-7-5-4-6-8-13/h12-16H,3-11H2,1-2H3. The SMILES string of the molecule is CCNC(CC1CCCCC1)C1CCC(C)O1. The Kier molecular flexibility index (Phi) is 5.30. The smallest absolute Gasteiger partial charge is 0.0732 e. The highest BCUT2D eigenvalue weighted by atomic mass is 16.5. The lowest BCUT2D eigenvalue weighted by Gasteiger charge is -2.30. The molecule has 1 saturated carbocycles. The summed E-state index contributed by atoms with van der Waals surface area (Å²) in [5.41, 5.74) is 0. The van der Waals surface area contributed by atoms with Gasteiger partial charge in [0.2, 0.25) is 0 Å². The van der Waals surface area contributed by atoms with Crippen molar-refractivity contribution in [2.45, 2.75) is 83.5 Å². The van der Waals surface area contributed by atoms with Gasteiger partial charge in [-0.05, 0) is 38.6 Å². The van der Waals surface area contributed by atoms with Crippen LogP contribution in [0.3, 0.4) is 0 Å². The van der Waals surface area contributed by atoms with Gasteiger partial charge in [-0.3, -0.25) is 0 Å². The van der Waals surface area contributed by atoms with E-state index in [-0.39, 0.29) is 0 Å². The van der Waals surface area contributed by atoms with Crippen molar-refractivity contribution in [1.82, 2.24) is 5.32 Å². The molecule has 1 N–H and O–H groups in total. The summed E-state index contributed by atoms with van der Waals surface area (Å²) in [4.78, 5) is 0. The molecule has 0 aromatic heterocycles. The molecule has 1 saturated heterocycles. The van der Waals surface area contributed by atoms with E-state index in [1.807, 2.05) is 0 Å². The minimum Gasteiger partial charge on any atom is -0.374 e. The number of rotatable bonds is 5. The van der Waals surface area contributed by atoms with E-state index < -0.39 is 0 Å². The molecule has 1 aliphatic carbocycles. The third kappa shape index (κ3) is 3.96. The molecule has 0 bridgehead atoms. The van der Waals surface area contributed by atoms with Crippen molar-refractivity contribution >= 4 is 0 Å². The molecule has 17 heavy (non-hydrogen) atoms. The number of hydrogen-bond acceptors (Lipinski definition) is 2. The van der Waals surface area contributed by atoms with E-state index in [9.17, 15) is 0 Å². The summed E-state index contributed by atoms with van der Waals surface area (Å²) in [5.74, 6) is 0.951. The highest BCUT2D eigenvalue weighted by molar-refractivity contribution is 4.85. The van der Waals surface area contributed by atoms with Gasteiger partial charge in [-0.25, -0.2) is 0 Å². The van der Waals surface area contributed by atoms with Crippen molar-refractivity contribution in [2.24, 2.45) is 5.92 Å². The molecule has 2 rings (SSSR count). The van der Waals surface area contributed by atoms with Crippen LogP contribution in [0, 0.1) is 5.92 Å². The maximum atomic E-state index is 6.06. The zero-order chi connectivity index (χ0) is 12.1. The fourth-order valence-electron chi connectivity index (χ4n) is 3.54. The lowest BCUT2D eigenvalue weighted by Crippen LogP contribution is -2.41. The van der Waals surface area contributed by atoms with E-state index >= 15 is 0 Å². The highest BCUT2D eigenvalue weighted by Gasteiger charge is 2.31. The maximum absolute atomic E-state index is 6.06. The Bertz CT molecular complexity index is 213. The molecule has 2 aliphatic rings. The molecule has 2 nitrogen and oxygen atoms in total. The summed E-state index contributed by atoms with van der Waals surface area (Å²) < 4.78 is 6.06. The van der Waals surface area contributed by atoms with Crippen molar-refractivity contribution < 1.29 is 4.74 Å². The van der Waals surface area contributed by atoms with Gasteiger partial charge in [0.1, 0.15) is 0 Å². The monoisotopic (exact) mass is 239 g/mol. The Morgan fingerprint density at radius 1 is 1.12 bits per heavy atom. The summed E-state index contributed by atoms with van der Waals surface area (Å²) in [6.07, 6.45) is 12.1. The van der Waals surface area contributed by atoms with Crippen molar-refractivity contribution in [3.05, 3.63) is 0 Å². The average molecular weight is 239 g/mol. The molecule has 0 amide bonds. The van der Waals surface area contributed by atoms with Crippen molar-refractivity contribution in [1.29, 1.82) is 0 Å².